The van der Waals surface area contributed by atoms with Crippen LogP contribution in [0.15, 0.2) is 18.2 Å². The predicted octanol–water partition coefficient (Wildman–Crippen LogP) is 2.29. The molecule has 15 heavy (non-hydrogen) atoms. The molecule has 1 rings (SSSR count). The van der Waals surface area contributed by atoms with Crippen molar-refractivity contribution in [2.24, 2.45) is 5.73 Å². The molecule has 0 atom stereocenters. The standard InChI is InChI=1S/C8H5F3INO2/c9-8(10,11)15-6-4(7(13)14)2-1-3-5(6)12/h1-3H,(H2,13,14). The van der Waals surface area contributed by atoms with Gasteiger partial charge in [-0.1, -0.05) is 6.07 Å². The van der Waals surface area contributed by atoms with Crippen LogP contribution in [0.5, 0.6) is 5.75 Å². The molecule has 3 nitrogen and oxygen atoms in total. The van der Waals surface area contributed by atoms with Gasteiger partial charge in [-0.25, -0.2) is 0 Å². The zero-order valence-corrected chi connectivity index (χ0v) is 9.30. The first-order valence-corrected chi connectivity index (χ1v) is 4.73. The van der Waals surface area contributed by atoms with Crippen LogP contribution < -0.4 is 10.5 Å². The second-order valence-corrected chi connectivity index (χ2v) is 3.69. The van der Waals surface area contributed by atoms with Gasteiger partial charge in [-0.3, -0.25) is 4.79 Å². The molecular weight excluding hydrogens is 326 g/mol. The third kappa shape index (κ3) is 3.26. The molecule has 0 aliphatic heterocycles. The molecule has 0 spiro atoms. The van der Waals surface area contributed by atoms with Crippen molar-refractivity contribution in [1.29, 1.82) is 0 Å². The van der Waals surface area contributed by atoms with Crippen LogP contribution in [0.25, 0.3) is 0 Å². The largest absolute Gasteiger partial charge is 0.573 e. The molecule has 1 aromatic carbocycles. The van der Waals surface area contributed by atoms with Gasteiger partial charge >= 0.3 is 6.36 Å². The van der Waals surface area contributed by atoms with Crippen molar-refractivity contribution in [3.05, 3.63) is 27.3 Å². The van der Waals surface area contributed by atoms with Gasteiger partial charge in [0.2, 0.25) is 0 Å². The Hall–Kier alpha value is -0.990. The fraction of sp³-hybridized carbons (Fsp3) is 0.125. The van der Waals surface area contributed by atoms with Crippen LogP contribution in [0.2, 0.25) is 0 Å². The second-order valence-electron chi connectivity index (χ2n) is 2.53. The maximum absolute atomic E-state index is 12.0. The molecule has 0 fully saturated rings. The van der Waals surface area contributed by atoms with E-state index >= 15 is 0 Å². The van der Waals surface area contributed by atoms with E-state index in [2.05, 4.69) is 4.74 Å². The summed E-state index contributed by atoms with van der Waals surface area (Å²) in [5, 5.41) is 0. The summed E-state index contributed by atoms with van der Waals surface area (Å²) < 4.78 is 39.8. The number of hydrogen-bond acceptors (Lipinski definition) is 2. The predicted molar refractivity (Wildman–Crippen MR) is 54.4 cm³/mol. The molecule has 0 aliphatic carbocycles. The summed E-state index contributed by atoms with van der Waals surface area (Å²) in [5.74, 6) is -1.52. The molecule has 0 heterocycles. The highest BCUT2D eigenvalue weighted by atomic mass is 127. The molecule has 0 radical (unpaired) electrons. The zero-order valence-electron chi connectivity index (χ0n) is 7.14. The van der Waals surface area contributed by atoms with E-state index in [1.54, 1.807) is 22.6 Å². The lowest BCUT2D eigenvalue weighted by Gasteiger charge is -2.12. The number of carbonyl (C=O) groups excluding carboxylic acids is 1. The number of ether oxygens (including phenoxy) is 1. The third-order valence-corrected chi connectivity index (χ3v) is 2.30. The van der Waals surface area contributed by atoms with Crippen LogP contribution in [-0.4, -0.2) is 12.3 Å². The topological polar surface area (TPSA) is 52.3 Å². The Morgan fingerprint density at radius 3 is 2.47 bits per heavy atom. The molecule has 0 saturated carbocycles. The van der Waals surface area contributed by atoms with Gasteiger partial charge in [0.1, 0.15) is 0 Å². The Morgan fingerprint density at radius 1 is 1.40 bits per heavy atom. The molecule has 0 bridgehead atoms. The summed E-state index contributed by atoms with van der Waals surface area (Å²) >= 11 is 1.63. The lowest BCUT2D eigenvalue weighted by atomic mass is 10.2. The van der Waals surface area contributed by atoms with Crippen molar-refractivity contribution in [3.8, 4) is 5.75 Å². The van der Waals surface area contributed by atoms with E-state index < -0.39 is 18.0 Å². The van der Waals surface area contributed by atoms with Gasteiger partial charge in [-0.15, -0.1) is 13.2 Å². The molecule has 0 aliphatic rings. The van der Waals surface area contributed by atoms with Crippen LogP contribution in [-0.2, 0) is 0 Å². The van der Waals surface area contributed by atoms with Crippen LogP contribution in [0, 0.1) is 3.57 Å². The third-order valence-electron chi connectivity index (χ3n) is 1.45. The molecule has 1 aromatic rings. The van der Waals surface area contributed by atoms with Gasteiger partial charge in [-0.2, -0.15) is 0 Å². The Morgan fingerprint density at radius 2 is 2.00 bits per heavy atom. The first-order valence-electron chi connectivity index (χ1n) is 3.65. The molecule has 82 valence electrons. The van der Waals surface area contributed by atoms with E-state index in [4.69, 9.17) is 5.73 Å². The number of primary amides is 1. The molecule has 0 saturated heterocycles. The van der Waals surface area contributed by atoms with E-state index in [1.165, 1.54) is 18.2 Å². The highest BCUT2D eigenvalue weighted by Crippen LogP contribution is 2.30. The van der Waals surface area contributed by atoms with E-state index in [1.807, 2.05) is 0 Å². The SMILES string of the molecule is NC(=O)c1cccc(I)c1OC(F)(F)F. The molecule has 1 amide bonds. The van der Waals surface area contributed by atoms with Gasteiger partial charge in [0.15, 0.2) is 5.75 Å². The molecule has 2 N–H and O–H groups in total. The fourth-order valence-corrected chi connectivity index (χ4v) is 1.53. The van der Waals surface area contributed by atoms with E-state index in [0.29, 0.717) is 0 Å². The molecule has 7 heteroatoms. The summed E-state index contributed by atoms with van der Waals surface area (Å²) in [5.41, 5.74) is 4.62. The van der Waals surface area contributed by atoms with Gasteiger partial charge in [0.25, 0.3) is 5.91 Å². The van der Waals surface area contributed by atoms with E-state index in [-0.39, 0.29) is 9.13 Å². The minimum absolute atomic E-state index is 0.168. The Kier molecular flexibility index (Phi) is 3.42. The number of nitrogens with two attached hydrogens (primary N) is 1. The lowest BCUT2D eigenvalue weighted by molar-refractivity contribution is -0.275. The number of rotatable bonds is 2. The maximum Gasteiger partial charge on any atom is 0.573 e. The van der Waals surface area contributed by atoms with Gasteiger partial charge in [0.05, 0.1) is 9.13 Å². The zero-order chi connectivity index (χ0) is 11.6. The summed E-state index contributed by atoms with van der Waals surface area (Å²) in [6.45, 7) is 0. The summed E-state index contributed by atoms with van der Waals surface area (Å²) in [6, 6.07) is 3.98. The average molecular weight is 331 g/mol. The number of alkyl halides is 3. The first kappa shape index (κ1) is 12.1. The van der Waals surface area contributed by atoms with E-state index in [9.17, 15) is 18.0 Å². The van der Waals surface area contributed by atoms with Crippen molar-refractivity contribution >= 4 is 28.5 Å². The number of amides is 1. The van der Waals surface area contributed by atoms with Crippen molar-refractivity contribution < 1.29 is 22.7 Å². The quantitative estimate of drug-likeness (QED) is 0.846. The highest BCUT2D eigenvalue weighted by Gasteiger charge is 2.33. The first-order chi connectivity index (χ1) is 6.81. The highest BCUT2D eigenvalue weighted by molar-refractivity contribution is 14.1. The molecule has 0 aromatic heterocycles. The Bertz CT molecular complexity index is 392. The van der Waals surface area contributed by atoms with E-state index in [0.717, 1.165) is 0 Å². The van der Waals surface area contributed by atoms with Crippen LogP contribution >= 0.6 is 22.6 Å². The number of carbonyl (C=O) groups is 1. The summed E-state index contributed by atoms with van der Waals surface area (Å²) in [7, 11) is 0. The monoisotopic (exact) mass is 331 g/mol. The van der Waals surface area contributed by atoms with Crippen LogP contribution in [0.3, 0.4) is 0 Å². The second kappa shape index (κ2) is 4.25. The average Bonchev–Trinajstić information content (AvgIpc) is 2.05. The number of para-hydroxylation sites is 1. The van der Waals surface area contributed by atoms with Gasteiger partial charge in [-0.05, 0) is 34.7 Å². The van der Waals surface area contributed by atoms with Gasteiger partial charge in [0, 0.05) is 0 Å². The smallest absolute Gasteiger partial charge is 0.404 e. The molecular formula is C8H5F3INO2. The van der Waals surface area contributed by atoms with Crippen molar-refractivity contribution in [2.75, 3.05) is 0 Å². The minimum atomic E-state index is -4.84. The minimum Gasteiger partial charge on any atom is -0.404 e. The fourth-order valence-electron chi connectivity index (χ4n) is 0.922. The van der Waals surface area contributed by atoms with Gasteiger partial charge < -0.3 is 10.5 Å². The number of halogens is 4. The summed E-state index contributed by atoms with van der Waals surface area (Å²) in [4.78, 5) is 10.8. The van der Waals surface area contributed by atoms with Crippen molar-refractivity contribution in [2.45, 2.75) is 6.36 Å². The Labute approximate surface area is 96.5 Å². The number of benzene rings is 1. The van der Waals surface area contributed by atoms with Crippen molar-refractivity contribution in [1.82, 2.24) is 0 Å². The van der Waals surface area contributed by atoms with Crippen LogP contribution in [0.4, 0.5) is 13.2 Å². The number of hydrogen-bond donors (Lipinski definition) is 1. The van der Waals surface area contributed by atoms with Crippen molar-refractivity contribution in [3.63, 3.8) is 0 Å². The maximum atomic E-state index is 12.0. The lowest BCUT2D eigenvalue weighted by Crippen LogP contribution is -2.21. The molecule has 0 unspecified atom stereocenters. The normalized spacial score (nSPS) is 11.2. The summed E-state index contributed by atoms with van der Waals surface area (Å²) in [6.07, 6.45) is -4.84. The Balaban J connectivity index is 3.19. The van der Waals surface area contributed by atoms with Crippen LogP contribution in [0.1, 0.15) is 10.4 Å².